The number of fused-ring (bicyclic) bond motifs is 1. The normalized spacial score (nSPS) is 25.3. The van der Waals surface area contributed by atoms with E-state index in [1.165, 1.54) is 0 Å². The molecule has 2 aliphatic heterocycles. The molecule has 0 aromatic carbocycles. The molecule has 0 spiro atoms. The lowest BCUT2D eigenvalue weighted by Gasteiger charge is -2.40. The molecule has 2 aliphatic rings. The van der Waals surface area contributed by atoms with Gasteiger partial charge in [0, 0.05) is 19.1 Å². The fourth-order valence-electron chi connectivity index (χ4n) is 1.92. The molecule has 5 nitrogen and oxygen atoms in total. The maximum atomic E-state index is 5.81. The van der Waals surface area contributed by atoms with Crippen LogP contribution in [0.2, 0.25) is 5.15 Å². The number of rotatable bonds is 1. The Hall–Kier alpha value is -1.04. The van der Waals surface area contributed by atoms with E-state index in [2.05, 4.69) is 20.5 Å². The zero-order valence-electron chi connectivity index (χ0n) is 8.07. The summed E-state index contributed by atoms with van der Waals surface area (Å²) >= 11 is 5.81. The maximum Gasteiger partial charge on any atom is 0.156 e. The molecule has 0 radical (unpaired) electrons. The lowest BCUT2D eigenvalue weighted by Crippen LogP contribution is -2.62. The number of anilines is 2. The van der Waals surface area contributed by atoms with Crippen LogP contribution in [0.3, 0.4) is 0 Å². The third-order valence-corrected chi connectivity index (χ3v) is 2.94. The zero-order chi connectivity index (χ0) is 10.4. The molecular weight excluding hydrogens is 214 g/mol. The smallest absolute Gasteiger partial charge is 0.156 e. The molecule has 3 rings (SSSR count). The number of aromatic nitrogens is 1. The molecule has 0 bridgehead atoms. The monoisotopic (exact) mass is 225 g/mol. The molecule has 0 aliphatic carbocycles. The molecule has 80 valence electrons. The first-order valence-electron chi connectivity index (χ1n) is 4.91. The van der Waals surface area contributed by atoms with Gasteiger partial charge < -0.3 is 16.4 Å². The Morgan fingerprint density at radius 3 is 2.93 bits per heavy atom. The fourth-order valence-corrected chi connectivity index (χ4v) is 2.06. The molecule has 1 aromatic rings. The summed E-state index contributed by atoms with van der Waals surface area (Å²) in [5.41, 5.74) is 6.72. The van der Waals surface area contributed by atoms with Crippen LogP contribution in [0.5, 0.6) is 0 Å². The average Bonchev–Trinajstić information content (AvgIpc) is 2.55. The van der Waals surface area contributed by atoms with Gasteiger partial charge in [-0.25, -0.2) is 4.98 Å². The minimum atomic E-state index is 0.103. The van der Waals surface area contributed by atoms with Crippen molar-refractivity contribution in [2.75, 3.05) is 23.7 Å². The lowest BCUT2D eigenvalue weighted by atomic mass is 10.1. The van der Waals surface area contributed by atoms with Gasteiger partial charge in [-0.05, 0) is 12.1 Å². The van der Waals surface area contributed by atoms with Gasteiger partial charge >= 0.3 is 0 Å². The highest BCUT2D eigenvalue weighted by molar-refractivity contribution is 6.29. The second kappa shape index (κ2) is 3.23. The molecule has 1 atom stereocenters. The summed E-state index contributed by atoms with van der Waals surface area (Å²) in [6.45, 7) is 1.82. The van der Waals surface area contributed by atoms with E-state index in [0.717, 1.165) is 24.6 Å². The van der Waals surface area contributed by atoms with Gasteiger partial charge in [-0.2, -0.15) is 0 Å². The molecule has 6 heteroatoms. The van der Waals surface area contributed by atoms with Crippen molar-refractivity contribution in [1.82, 2.24) is 9.88 Å². The predicted octanol–water partition coefficient (Wildman–Crippen LogP) is 0.499. The van der Waals surface area contributed by atoms with E-state index in [9.17, 15) is 0 Å². The highest BCUT2D eigenvalue weighted by Gasteiger charge is 2.33. The van der Waals surface area contributed by atoms with Crippen LogP contribution in [0.25, 0.3) is 0 Å². The van der Waals surface area contributed by atoms with Crippen LogP contribution < -0.4 is 16.4 Å². The number of likely N-dealkylation sites (tertiary alicyclic amines) is 1. The zero-order valence-corrected chi connectivity index (χ0v) is 8.83. The first-order valence-corrected chi connectivity index (χ1v) is 5.29. The van der Waals surface area contributed by atoms with Gasteiger partial charge in [0.25, 0.3) is 0 Å². The number of halogens is 1. The molecule has 15 heavy (non-hydrogen) atoms. The van der Waals surface area contributed by atoms with E-state index in [0.29, 0.717) is 11.2 Å². The van der Waals surface area contributed by atoms with Crippen LogP contribution in [0.15, 0.2) is 12.1 Å². The van der Waals surface area contributed by atoms with Crippen molar-refractivity contribution in [3.8, 4) is 0 Å². The molecule has 0 saturated carbocycles. The molecule has 1 fully saturated rings. The first-order chi connectivity index (χ1) is 7.22. The van der Waals surface area contributed by atoms with Gasteiger partial charge in [-0.15, -0.1) is 0 Å². The SMILES string of the molecule is NC1CN(C2Nc3ccc(Cl)nc3N2)C1. The number of hydrogen-bond donors (Lipinski definition) is 3. The van der Waals surface area contributed by atoms with Gasteiger partial charge in [-0.3, -0.25) is 4.90 Å². The third kappa shape index (κ3) is 1.52. The summed E-state index contributed by atoms with van der Waals surface area (Å²) in [7, 11) is 0. The summed E-state index contributed by atoms with van der Waals surface area (Å²) in [4.78, 5) is 6.42. The second-order valence-electron chi connectivity index (χ2n) is 3.94. The van der Waals surface area contributed by atoms with Crippen LogP contribution in [-0.2, 0) is 0 Å². The molecular formula is C9H12ClN5. The highest BCUT2D eigenvalue weighted by Crippen LogP contribution is 2.30. The molecule has 1 saturated heterocycles. The lowest BCUT2D eigenvalue weighted by molar-refractivity contribution is 0.123. The van der Waals surface area contributed by atoms with Crippen molar-refractivity contribution in [2.24, 2.45) is 5.73 Å². The van der Waals surface area contributed by atoms with Crippen LogP contribution in [0, 0.1) is 0 Å². The minimum absolute atomic E-state index is 0.103. The standard InChI is InChI=1S/C9H12ClN5/c10-7-2-1-6-8(13-7)14-9(12-6)15-3-5(11)4-15/h1-2,5,9,12H,3-4,11H2,(H,13,14). The molecule has 1 aromatic heterocycles. The average molecular weight is 226 g/mol. The Bertz CT molecular complexity index is 390. The molecule has 3 heterocycles. The van der Waals surface area contributed by atoms with Gasteiger partial charge in [-0.1, -0.05) is 11.6 Å². The van der Waals surface area contributed by atoms with Gasteiger partial charge in [0.2, 0.25) is 0 Å². The number of nitrogens with two attached hydrogens (primary N) is 1. The molecule has 4 N–H and O–H groups in total. The number of nitrogens with one attached hydrogen (secondary N) is 2. The quantitative estimate of drug-likeness (QED) is 0.608. The second-order valence-corrected chi connectivity index (χ2v) is 4.32. The third-order valence-electron chi connectivity index (χ3n) is 2.73. The van der Waals surface area contributed by atoms with Crippen molar-refractivity contribution >= 4 is 23.1 Å². The fraction of sp³-hybridized carbons (Fsp3) is 0.444. The highest BCUT2D eigenvalue weighted by atomic mass is 35.5. The maximum absolute atomic E-state index is 5.81. The number of nitrogens with zero attached hydrogens (tertiary/aromatic N) is 2. The summed E-state index contributed by atoms with van der Waals surface area (Å²) in [6.07, 6.45) is 0.103. The van der Waals surface area contributed by atoms with E-state index in [-0.39, 0.29) is 6.29 Å². The van der Waals surface area contributed by atoms with Crippen LogP contribution in [0.4, 0.5) is 11.5 Å². The van der Waals surface area contributed by atoms with Crippen molar-refractivity contribution < 1.29 is 0 Å². The van der Waals surface area contributed by atoms with E-state index >= 15 is 0 Å². The predicted molar refractivity (Wildman–Crippen MR) is 59.8 cm³/mol. The number of hydrogen-bond acceptors (Lipinski definition) is 5. The summed E-state index contributed by atoms with van der Waals surface area (Å²) in [5.74, 6) is 0.813. The van der Waals surface area contributed by atoms with E-state index in [1.54, 1.807) is 6.07 Å². The van der Waals surface area contributed by atoms with Gasteiger partial charge in [0.05, 0.1) is 5.69 Å². The minimum Gasteiger partial charge on any atom is -0.350 e. The molecule has 1 unspecified atom stereocenters. The van der Waals surface area contributed by atoms with Crippen molar-refractivity contribution in [1.29, 1.82) is 0 Å². The van der Waals surface area contributed by atoms with Crippen molar-refractivity contribution in [2.45, 2.75) is 12.3 Å². The van der Waals surface area contributed by atoms with Crippen LogP contribution >= 0.6 is 11.6 Å². The van der Waals surface area contributed by atoms with Crippen LogP contribution in [0.1, 0.15) is 0 Å². The Labute approximate surface area is 92.6 Å². The topological polar surface area (TPSA) is 66.2 Å². The summed E-state index contributed by atoms with van der Waals surface area (Å²) in [5, 5.41) is 7.09. The van der Waals surface area contributed by atoms with E-state index < -0.39 is 0 Å². The summed E-state index contributed by atoms with van der Waals surface area (Å²) in [6, 6.07) is 4.00. The van der Waals surface area contributed by atoms with Gasteiger partial charge in [0.1, 0.15) is 5.15 Å². The number of pyridine rings is 1. The Kier molecular flexibility index (Phi) is 1.98. The Morgan fingerprint density at radius 2 is 2.20 bits per heavy atom. The Balaban J connectivity index is 1.75. The van der Waals surface area contributed by atoms with Crippen molar-refractivity contribution in [3.63, 3.8) is 0 Å². The van der Waals surface area contributed by atoms with E-state index in [1.807, 2.05) is 6.07 Å². The summed E-state index contributed by atoms with van der Waals surface area (Å²) < 4.78 is 0. The van der Waals surface area contributed by atoms with E-state index in [4.69, 9.17) is 17.3 Å². The molecule has 0 amide bonds. The van der Waals surface area contributed by atoms with Gasteiger partial charge in [0.15, 0.2) is 12.1 Å². The van der Waals surface area contributed by atoms with Crippen LogP contribution in [-0.4, -0.2) is 35.3 Å². The van der Waals surface area contributed by atoms with Crippen molar-refractivity contribution in [3.05, 3.63) is 17.3 Å². The first kappa shape index (κ1) is 9.21. The largest absolute Gasteiger partial charge is 0.350 e. The Morgan fingerprint density at radius 1 is 1.40 bits per heavy atom.